The minimum Gasteiger partial charge on any atom is -0.494 e. The summed E-state index contributed by atoms with van der Waals surface area (Å²) in [5, 5.41) is 0. The number of benzene rings is 2. The third-order valence-electron chi connectivity index (χ3n) is 4.19. The quantitative estimate of drug-likeness (QED) is 0.817. The molecule has 0 aliphatic rings. The van der Waals surface area contributed by atoms with Crippen LogP contribution in [-0.2, 0) is 15.4 Å². The Balaban J connectivity index is 2.93. The van der Waals surface area contributed by atoms with E-state index in [2.05, 4.69) is 4.72 Å². The molecule has 27 heavy (non-hydrogen) atoms. The monoisotopic (exact) mass is 390 g/mol. The zero-order valence-corrected chi connectivity index (χ0v) is 17.3. The van der Waals surface area contributed by atoms with Crippen LogP contribution in [0.15, 0.2) is 30.3 Å². The van der Waals surface area contributed by atoms with Crippen molar-refractivity contribution >= 4 is 21.6 Å². The van der Waals surface area contributed by atoms with Gasteiger partial charge in [-0.2, -0.15) is 0 Å². The predicted octanol–water partition coefficient (Wildman–Crippen LogP) is 3.44. The lowest BCUT2D eigenvalue weighted by atomic mass is 9.84. The highest BCUT2D eigenvalue weighted by molar-refractivity contribution is 7.92. The van der Waals surface area contributed by atoms with Crippen LogP contribution in [0.3, 0.4) is 0 Å². The van der Waals surface area contributed by atoms with Crippen molar-refractivity contribution in [3.63, 3.8) is 0 Å². The fourth-order valence-corrected chi connectivity index (χ4v) is 3.40. The number of anilines is 1. The predicted molar refractivity (Wildman–Crippen MR) is 109 cm³/mol. The summed E-state index contributed by atoms with van der Waals surface area (Å²) in [5.41, 5.74) is 9.00. The van der Waals surface area contributed by atoms with Gasteiger partial charge >= 0.3 is 0 Å². The van der Waals surface area contributed by atoms with Crippen molar-refractivity contribution in [3.8, 4) is 16.9 Å². The first kappa shape index (κ1) is 20.8. The van der Waals surface area contributed by atoms with Crippen molar-refractivity contribution in [2.75, 3.05) is 18.1 Å². The summed E-state index contributed by atoms with van der Waals surface area (Å²) in [4.78, 5) is 12.0. The first-order valence-electron chi connectivity index (χ1n) is 8.44. The summed E-state index contributed by atoms with van der Waals surface area (Å²) in [7, 11) is -2.07. The van der Waals surface area contributed by atoms with Crippen molar-refractivity contribution in [2.24, 2.45) is 5.73 Å². The average Bonchev–Trinajstić information content (AvgIpc) is 2.51. The van der Waals surface area contributed by atoms with E-state index in [0.717, 1.165) is 17.4 Å². The number of hydrogen-bond donors (Lipinski definition) is 2. The minimum absolute atomic E-state index is 0.258. The third-order valence-corrected chi connectivity index (χ3v) is 4.78. The molecule has 0 bridgehead atoms. The third kappa shape index (κ3) is 4.80. The van der Waals surface area contributed by atoms with Crippen LogP contribution in [-0.4, -0.2) is 27.7 Å². The molecule has 0 radical (unpaired) electrons. The zero-order valence-electron chi connectivity index (χ0n) is 16.5. The molecule has 6 nitrogen and oxygen atoms in total. The number of hydrogen-bond acceptors (Lipinski definition) is 4. The van der Waals surface area contributed by atoms with E-state index in [1.807, 2.05) is 39.8 Å². The van der Waals surface area contributed by atoms with Gasteiger partial charge in [0.15, 0.2) is 5.75 Å². The van der Waals surface area contributed by atoms with E-state index in [-0.39, 0.29) is 5.41 Å². The summed E-state index contributed by atoms with van der Waals surface area (Å²) in [5.74, 6) is -0.229. The highest BCUT2D eigenvalue weighted by Gasteiger charge is 2.23. The number of primary amides is 1. The molecule has 0 atom stereocenters. The molecule has 0 saturated heterocycles. The number of amides is 1. The molecule has 0 unspecified atom stereocenters. The van der Waals surface area contributed by atoms with E-state index in [9.17, 15) is 13.2 Å². The molecule has 2 aromatic carbocycles. The second-order valence-corrected chi connectivity index (χ2v) is 9.39. The Morgan fingerprint density at radius 1 is 1.11 bits per heavy atom. The molecule has 2 rings (SSSR count). The molecule has 0 fully saturated rings. The molecule has 2 aromatic rings. The Labute approximate surface area is 160 Å². The van der Waals surface area contributed by atoms with E-state index in [4.69, 9.17) is 10.5 Å². The number of nitrogens with one attached hydrogen (secondary N) is 1. The number of rotatable bonds is 5. The smallest absolute Gasteiger partial charge is 0.249 e. The lowest BCUT2D eigenvalue weighted by Gasteiger charge is -2.24. The first-order valence-corrected chi connectivity index (χ1v) is 10.3. The number of carbonyl (C=O) groups is 1. The molecular weight excluding hydrogens is 364 g/mol. The Morgan fingerprint density at radius 3 is 2.22 bits per heavy atom. The number of ether oxygens (including phenoxy) is 1. The Morgan fingerprint density at radius 2 is 1.74 bits per heavy atom. The van der Waals surface area contributed by atoms with Gasteiger partial charge in [0, 0.05) is 11.1 Å². The van der Waals surface area contributed by atoms with E-state index in [1.165, 1.54) is 7.11 Å². The number of methoxy groups -OCH3 is 1. The summed E-state index contributed by atoms with van der Waals surface area (Å²) < 4.78 is 31.8. The first-order chi connectivity index (χ1) is 12.3. The molecule has 1 amide bonds. The summed E-state index contributed by atoms with van der Waals surface area (Å²) in [6.45, 7) is 7.97. The molecule has 0 heterocycles. The molecule has 146 valence electrons. The van der Waals surface area contributed by atoms with Gasteiger partial charge in [-0.15, -0.1) is 0 Å². The van der Waals surface area contributed by atoms with Crippen LogP contribution in [0.4, 0.5) is 5.69 Å². The van der Waals surface area contributed by atoms with Crippen molar-refractivity contribution in [2.45, 2.75) is 33.1 Å². The van der Waals surface area contributed by atoms with Crippen LogP contribution in [0.25, 0.3) is 11.1 Å². The van der Waals surface area contributed by atoms with Gasteiger partial charge in [0.2, 0.25) is 15.9 Å². The van der Waals surface area contributed by atoms with Crippen molar-refractivity contribution < 1.29 is 17.9 Å². The summed E-state index contributed by atoms with van der Waals surface area (Å²) in [6.07, 6.45) is 1.08. The van der Waals surface area contributed by atoms with Crippen LogP contribution < -0.4 is 15.2 Å². The number of carbonyl (C=O) groups excluding carboxylic acids is 1. The van der Waals surface area contributed by atoms with Crippen LogP contribution in [0.1, 0.15) is 42.3 Å². The van der Waals surface area contributed by atoms with Gasteiger partial charge in [0.1, 0.15) is 0 Å². The Hall–Kier alpha value is -2.54. The average molecular weight is 391 g/mol. The van der Waals surface area contributed by atoms with E-state index in [1.54, 1.807) is 18.2 Å². The lowest BCUT2D eigenvalue weighted by molar-refractivity contribution is 0.100. The molecule has 0 saturated carbocycles. The van der Waals surface area contributed by atoms with Crippen LogP contribution in [0.2, 0.25) is 0 Å². The van der Waals surface area contributed by atoms with Gasteiger partial charge in [-0.1, -0.05) is 38.5 Å². The van der Waals surface area contributed by atoms with Crippen molar-refractivity contribution in [3.05, 3.63) is 47.0 Å². The van der Waals surface area contributed by atoms with E-state index in [0.29, 0.717) is 28.1 Å². The summed E-state index contributed by atoms with van der Waals surface area (Å²) >= 11 is 0. The summed E-state index contributed by atoms with van der Waals surface area (Å²) in [6, 6.07) is 8.98. The Bertz CT molecular complexity index is 990. The van der Waals surface area contributed by atoms with Crippen LogP contribution in [0, 0.1) is 6.92 Å². The maximum absolute atomic E-state index is 12.0. The fraction of sp³-hybridized carbons (Fsp3) is 0.350. The SMILES string of the molecule is COc1c(NS(C)(=O)=O)cc(C(C)(C)C)cc1-c1cc(C)ccc1C(N)=O. The minimum atomic E-state index is -3.53. The molecule has 0 aliphatic heterocycles. The highest BCUT2D eigenvalue weighted by Crippen LogP contribution is 2.42. The zero-order chi connectivity index (χ0) is 20.6. The maximum Gasteiger partial charge on any atom is 0.249 e. The molecule has 0 spiro atoms. The molecular formula is C20H26N2O4S. The highest BCUT2D eigenvalue weighted by atomic mass is 32.2. The van der Waals surface area contributed by atoms with Crippen molar-refractivity contribution in [1.29, 1.82) is 0 Å². The van der Waals surface area contributed by atoms with E-state index >= 15 is 0 Å². The molecule has 0 aliphatic carbocycles. The molecule has 7 heteroatoms. The topological polar surface area (TPSA) is 98.5 Å². The van der Waals surface area contributed by atoms with Gasteiger partial charge in [0.05, 0.1) is 19.1 Å². The van der Waals surface area contributed by atoms with Gasteiger partial charge in [-0.25, -0.2) is 8.42 Å². The van der Waals surface area contributed by atoms with Gasteiger partial charge in [-0.3, -0.25) is 9.52 Å². The van der Waals surface area contributed by atoms with Crippen molar-refractivity contribution in [1.82, 2.24) is 0 Å². The molecule has 0 aromatic heterocycles. The lowest BCUT2D eigenvalue weighted by Crippen LogP contribution is -2.16. The Kier molecular flexibility index (Phi) is 5.56. The second kappa shape index (κ2) is 7.23. The van der Waals surface area contributed by atoms with E-state index < -0.39 is 15.9 Å². The normalized spacial score (nSPS) is 11.9. The largest absolute Gasteiger partial charge is 0.494 e. The number of nitrogens with two attached hydrogens (primary N) is 1. The number of aryl methyl sites for hydroxylation is 1. The number of sulfonamides is 1. The molecule has 3 N–H and O–H groups in total. The van der Waals surface area contributed by atoms with Crippen LogP contribution in [0.5, 0.6) is 5.75 Å². The second-order valence-electron chi connectivity index (χ2n) is 7.64. The standard InChI is InChI=1S/C20H26N2O4S/c1-12-7-8-14(19(21)23)15(9-12)16-10-13(20(2,3)4)11-17(18(16)26-5)22-27(6,24)25/h7-11,22H,1-6H3,(H2,21,23). The van der Waals surface area contributed by atoms with Gasteiger partial charge in [-0.05, 0) is 41.7 Å². The van der Waals surface area contributed by atoms with Crippen LogP contribution >= 0.6 is 0 Å². The van der Waals surface area contributed by atoms with Gasteiger partial charge < -0.3 is 10.5 Å². The van der Waals surface area contributed by atoms with Gasteiger partial charge in [0.25, 0.3) is 0 Å². The fourth-order valence-electron chi connectivity index (χ4n) is 2.85. The maximum atomic E-state index is 12.0.